The number of ether oxygens (including phenoxy) is 1. The van der Waals surface area contributed by atoms with Crippen molar-refractivity contribution in [3.63, 3.8) is 0 Å². The summed E-state index contributed by atoms with van der Waals surface area (Å²) in [5.41, 5.74) is 3.39. The maximum absolute atomic E-state index is 13.5. The largest absolute Gasteiger partial charge is 0.508 e. The Bertz CT molecular complexity index is 1710. The van der Waals surface area contributed by atoms with Crippen LogP contribution in [0.2, 0.25) is 0 Å². The summed E-state index contributed by atoms with van der Waals surface area (Å²) in [6.07, 6.45) is 2.35. The minimum Gasteiger partial charge on any atom is -0.508 e. The molecule has 2 aromatic heterocycles. The summed E-state index contributed by atoms with van der Waals surface area (Å²) in [5, 5.41) is 36.2. The highest BCUT2D eigenvalue weighted by atomic mass is 16.5. The van der Waals surface area contributed by atoms with Crippen LogP contribution in [0.1, 0.15) is 16.7 Å². The van der Waals surface area contributed by atoms with Crippen molar-refractivity contribution in [1.82, 2.24) is 20.6 Å². The van der Waals surface area contributed by atoms with Gasteiger partial charge in [-0.15, -0.1) is 0 Å². The van der Waals surface area contributed by atoms with E-state index >= 15 is 0 Å². The molecule has 0 saturated heterocycles. The van der Waals surface area contributed by atoms with E-state index in [1.807, 2.05) is 6.07 Å². The number of benzene rings is 3. The van der Waals surface area contributed by atoms with E-state index in [2.05, 4.69) is 20.6 Å². The Morgan fingerprint density at radius 1 is 0.756 bits per heavy atom. The number of carboxylic acids is 1. The Morgan fingerprint density at radius 2 is 1.32 bits per heavy atom. The standard InChI is InChI=1S/C30H28N4O7/c35-20-6-8-24-22(12-20)18(14-31-24)10-26(34-30(40)41-16-17-4-2-1-3-5-17)28(37)33-27(29(38)39)11-19-15-32-25-9-7-21(36)13-23(19)25/h1-9,12-15,26-27,31-32,35-36H,10-11,16H2,(H,33,37)(H,34,40)(H,38,39)/t26-,27-/m0/s1. The van der Waals surface area contributed by atoms with E-state index in [1.165, 1.54) is 24.3 Å². The van der Waals surface area contributed by atoms with Gasteiger partial charge in [0.05, 0.1) is 0 Å². The van der Waals surface area contributed by atoms with Crippen LogP contribution >= 0.6 is 0 Å². The molecule has 11 nitrogen and oxygen atoms in total. The average molecular weight is 557 g/mol. The van der Waals surface area contributed by atoms with E-state index in [0.29, 0.717) is 27.4 Å². The molecule has 5 aromatic rings. The molecule has 0 aliphatic heterocycles. The molecule has 0 saturated carbocycles. The molecule has 0 radical (unpaired) electrons. The summed E-state index contributed by atoms with van der Waals surface area (Å²) in [7, 11) is 0. The molecule has 0 aliphatic carbocycles. The number of hydrogen-bond donors (Lipinski definition) is 7. The molecule has 11 heteroatoms. The lowest BCUT2D eigenvalue weighted by atomic mass is 10.0. The van der Waals surface area contributed by atoms with Crippen molar-refractivity contribution in [2.45, 2.75) is 31.5 Å². The van der Waals surface area contributed by atoms with Crippen molar-refractivity contribution in [1.29, 1.82) is 0 Å². The molecule has 0 spiro atoms. The van der Waals surface area contributed by atoms with Crippen molar-refractivity contribution in [3.05, 3.63) is 95.8 Å². The van der Waals surface area contributed by atoms with Gasteiger partial charge in [0.15, 0.2) is 0 Å². The lowest BCUT2D eigenvalue weighted by Crippen LogP contribution is -2.53. The summed E-state index contributed by atoms with van der Waals surface area (Å²) in [5.74, 6) is -1.94. The molecular formula is C30H28N4O7. The lowest BCUT2D eigenvalue weighted by molar-refractivity contribution is -0.142. The monoisotopic (exact) mass is 556 g/mol. The zero-order valence-electron chi connectivity index (χ0n) is 21.8. The molecule has 2 heterocycles. The van der Waals surface area contributed by atoms with Gasteiger partial charge in [-0.1, -0.05) is 30.3 Å². The first kappa shape index (κ1) is 27.1. The van der Waals surface area contributed by atoms with Gasteiger partial charge in [0.25, 0.3) is 0 Å². The Morgan fingerprint density at radius 3 is 1.88 bits per heavy atom. The van der Waals surface area contributed by atoms with E-state index in [0.717, 1.165) is 11.1 Å². The Balaban J connectivity index is 1.36. The highest BCUT2D eigenvalue weighted by molar-refractivity contribution is 5.92. The predicted octanol–water partition coefficient (Wildman–Crippen LogP) is 3.71. The van der Waals surface area contributed by atoms with Crippen molar-refractivity contribution in [2.75, 3.05) is 0 Å². The van der Waals surface area contributed by atoms with Crippen LogP contribution in [0.5, 0.6) is 11.5 Å². The van der Waals surface area contributed by atoms with Crippen molar-refractivity contribution >= 4 is 39.8 Å². The summed E-state index contributed by atoms with van der Waals surface area (Å²) < 4.78 is 5.31. The molecular weight excluding hydrogens is 528 g/mol. The second-order valence-corrected chi connectivity index (χ2v) is 9.65. The van der Waals surface area contributed by atoms with Crippen LogP contribution in [0.3, 0.4) is 0 Å². The van der Waals surface area contributed by atoms with Crippen molar-refractivity contribution in [2.24, 2.45) is 0 Å². The first-order chi connectivity index (χ1) is 19.8. The number of fused-ring (bicyclic) bond motifs is 2. The number of phenolic OH excluding ortho intramolecular Hbond substituents is 2. The van der Waals surface area contributed by atoms with Gasteiger partial charge in [-0.25, -0.2) is 9.59 Å². The molecule has 2 amide bonds. The number of aromatic amines is 2. The fourth-order valence-electron chi connectivity index (χ4n) is 4.70. The zero-order valence-corrected chi connectivity index (χ0v) is 21.8. The Hall–Kier alpha value is -5.45. The van der Waals surface area contributed by atoms with Crippen LogP contribution in [0.15, 0.2) is 79.1 Å². The van der Waals surface area contributed by atoms with Crippen LogP contribution < -0.4 is 10.6 Å². The lowest BCUT2D eigenvalue weighted by Gasteiger charge is -2.21. The summed E-state index contributed by atoms with van der Waals surface area (Å²) in [6, 6.07) is 15.9. The molecule has 3 aromatic carbocycles. The molecule has 7 N–H and O–H groups in total. The summed E-state index contributed by atoms with van der Waals surface area (Å²) >= 11 is 0. The normalized spacial score (nSPS) is 12.6. The van der Waals surface area contributed by atoms with E-state index in [1.54, 1.807) is 48.8 Å². The number of H-pyrrole nitrogens is 2. The maximum atomic E-state index is 13.5. The third-order valence-electron chi connectivity index (χ3n) is 6.79. The zero-order chi connectivity index (χ0) is 28.9. The van der Waals surface area contributed by atoms with Gasteiger partial charge in [0.2, 0.25) is 5.91 Å². The van der Waals surface area contributed by atoms with Gasteiger partial charge < -0.3 is 40.7 Å². The molecule has 41 heavy (non-hydrogen) atoms. The number of aromatic hydroxyl groups is 2. The molecule has 2 atom stereocenters. The molecule has 0 aliphatic rings. The third-order valence-corrected chi connectivity index (χ3v) is 6.79. The summed E-state index contributed by atoms with van der Waals surface area (Å²) in [6.45, 7) is -0.0207. The average Bonchev–Trinajstić information content (AvgIpc) is 3.54. The number of phenols is 2. The van der Waals surface area contributed by atoms with Crippen LogP contribution in [0.25, 0.3) is 21.8 Å². The number of carbonyl (C=O) groups excluding carboxylic acids is 2. The molecule has 210 valence electrons. The number of nitrogens with one attached hydrogen (secondary N) is 4. The topological polar surface area (TPSA) is 177 Å². The number of carbonyl (C=O) groups is 3. The Labute approximate surface area is 233 Å². The second kappa shape index (κ2) is 11.7. The molecule has 0 unspecified atom stereocenters. The van der Waals surface area contributed by atoms with E-state index in [4.69, 9.17) is 4.74 Å². The number of hydrogen-bond acceptors (Lipinski definition) is 6. The molecule has 0 fully saturated rings. The van der Waals surface area contributed by atoms with E-state index < -0.39 is 30.1 Å². The van der Waals surface area contributed by atoms with Gasteiger partial charge in [0.1, 0.15) is 30.2 Å². The Kier molecular flexibility index (Phi) is 7.77. The maximum Gasteiger partial charge on any atom is 0.408 e. The first-order valence-electron chi connectivity index (χ1n) is 12.8. The quantitative estimate of drug-likeness (QED) is 0.137. The van der Waals surface area contributed by atoms with Gasteiger partial charge >= 0.3 is 12.1 Å². The van der Waals surface area contributed by atoms with Gasteiger partial charge in [-0.3, -0.25) is 4.79 Å². The van der Waals surface area contributed by atoms with Gasteiger partial charge in [-0.2, -0.15) is 0 Å². The highest BCUT2D eigenvalue weighted by Crippen LogP contribution is 2.25. The van der Waals surface area contributed by atoms with Crippen molar-refractivity contribution < 1.29 is 34.4 Å². The smallest absolute Gasteiger partial charge is 0.408 e. The minimum atomic E-state index is -1.33. The van der Waals surface area contributed by atoms with E-state index in [-0.39, 0.29) is 30.9 Å². The van der Waals surface area contributed by atoms with Crippen LogP contribution in [-0.4, -0.2) is 55.3 Å². The first-order valence-corrected chi connectivity index (χ1v) is 12.8. The number of alkyl carbamates (subject to hydrolysis) is 1. The number of rotatable bonds is 10. The SMILES string of the molecule is O=C(N[C@@H](Cc1c[nH]c2ccc(O)cc12)C(=O)N[C@@H](Cc1c[nH]c2ccc(O)cc12)C(=O)O)OCc1ccccc1. The number of aliphatic carboxylic acids is 1. The second-order valence-electron chi connectivity index (χ2n) is 9.65. The number of carboxylic acid groups (broad SMARTS) is 1. The molecule has 5 rings (SSSR count). The number of amides is 2. The fourth-order valence-corrected chi connectivity index (χ4v) is 4.70. The molecule has 0 bridgehead atoms. The van der Waals surface area contributed by atoms with Crippen LogP contribution in [0.4, 0.5) is 4.79 Å². The fraction of sp³-hybridized carbons (Fsp3) is 0.167. The van der Waals surface area contributed by atoms with Crippen molar-refractivity contribution in [3.8, 4) is 11.5 Å². The van der Waals surface area contributed by atoms with Gasteiger partial charge in [0, 0.05) is 47.0 Å². The summed E-state index contributed by atoms with van der Waals surface area (Å²) in [4.78, 5) is 44.5. The highest BCUT2D eigenvalue weighted by Gasteiger charge is 2.29. The van der Waals surface area contributed by atoms with Gasteiger partial charge in [-0.05, 0) is 53.1 Å². The minimum absolute atomic E-state index is 0.0109. The van der Waals surface area contributed by atoms with Crippen LogP contribution in [0, 0.1) is 0 Å². The number of aromatic nitrogens is 2. The van der Waals surface area contributed by atoms with Crippen LogP contribution in [-0.2, 0) is 33.8 Å². The van der Waals surface area contributed by atoms with E-state index in [9.17, 15) is 29.7 Å². The third kappa shape index (κ3) is 6.41. The predicted molar refractivity (Wildman–Crippen MR) is 150 cm³/mol.